The zero-order valence-electron chi connectivity index (χ0n) is 20.0. The highest BCUT2D eigenvalue weighted by atomic mass is 35.5. The Hall–Kier alpha value is -2.40. The Morgan fingerprint density at radius 2 is 1.12 bits per heavy atom. The van der Waals surface area contributed by atoms with Gasteiger partial charge >= 0.3 is 11.9 Å². The van der Waals surface area contributed by atoms with Gasteiger partial charge in [0.15, 0.2) is 0 Å². The number of aliphatic hydroxyl groups excluding tert-OH is 1. The maximum absolute atomic E-state index is 12.8. The number of hydrogen-bond acceptors (Lipinski definition) is 6. The number of aliphatic hydroxyl groups is 1. The van der Waals surface area contributed by atoms with E-state index >= 15 is 0 Å². The number of carboxylic acid groups (broad SMARTS) is 2. The number of carbonyl (C=O) groups excluding carboxylic acids is 3. The first kappa shape index (κ1) is 32.8. The first-order chi connectivity index (χ1) is 14.7. The Morgan fingerprint density at radius 1 is 0.697 bits per heavy atom. The van der Waals surface area contributed by atoms with E-state index < -0.39 is 66.2 Å². The zero-order chi connectivity index (χ0) is 25.2. The Labute approximate surface area is 200 Å². The van der Waals surface area contributed by atoms with Crippen LogP contribution in [0.4, 0.5) is 0 Å². The van der Waals surface area contributed by atoms with Gasteiger partial charge in [-0.05, 0) is 30.6 Å². The van der Waals surface area contributed by atoms with Crippen LogP contribution in [0.15, 0.2) is 0 Å². The molecule has 1 unspecified atom stereocenters. The SMILES string of the molecule is CC(C)CCC(O)C(=O)N[C@H](C(=O)N[C@H](C(=O)N[C@@H](CC(=O)O)C(=O)O)C(C)C)C(C)C.Cl. The van der Waals surface area contributed by atoms with Crippen LogP contribution in [-0.2, 0) is 24.0 Å². The van der Waals surface area contributed by atoms with Crippen molar-refractivity contribution in [1.82, 2.24) is 16.0 Å². The van der Waals surface area contributed by atoms with Crippen molar-refractivity contribution in [3.8, 4) is 0 Å². The molecule has 4 atom stereocenters. The fourth-order valence-electron chi connectivity index (χ4n) is 2.82. The van der Waals surface area contributed by atoms with Crippen molar-refractivity contribution in [1.29, 1.82) is 0 Å². The molecule has 3 amide bonds. The van der Waals surface area contributed by atoms with Crippen LogP contribution < -0.4 is 16.0 Å². The van der Waals surface area contributed by atoms with E-state index in [2.05, 4.69) is 16.0 Å². The summed E-state index contributed by atoms with van der Waals surface area (Å²) in [7, 11) is 0. The second-order valence-electron chi connectivity index (χ2n) is 8.94. The fraction of sp³-hybridized carbons (Fsp3) is 0.762. The van der Waals surface area contributed by atoms with Crippen LogP contribution in [0.2, 0.25) is 0 Å². The molecular weight excluding hydrogens is 458 g/mol. The van der Waals surface area contributed by atoms with E-state index in [1.807, 2.05) is 13.8 Å². The lowest BCUT2D eigenvalue weighted by atomic mass is 9.98. The van der Waals surface area contributed by atoms with Gasteiger partial charge in [-0.25, -0.2) is 4.79 Å². The molecule has 11 nitrogen and oxygen atoms in total. The molecule has 33 heavy (non-hydrogen) atoms. The molecule has 0 radical (unpaired) electrons. The highest BCUT2D eigenvalue weighted by molar-refractivity contribution is 5.94. The molecule has 0 aliphatic rings. The molecule has 0 aliphatic heterocycles. The quantitative estimate of drug-likeness (QED) is 0.201. The highest BCUT2D eigenvalue weighted by Crippen LogP contribution is 2.10. The summed E-state index contributed by atoms with van der Waals surface area (Å²) in [5, 5.41) is 35.1. The molecule has 0 spiro atoms. The topological polar surface area (TPSA) is 182 Å². The number of carbonyl (C=O) groups is 5. The van der Waals surface area contributed by atoms with Gasteiger partial charge < -0.3 is 31.3 Å². The maximum atomic E-state index is 12.8. The maximum Gasteiger partial charge on any atom is 0.326 e. The Balaban J connectivity index is 0. The summed E-state index contributed by atoms with van der Waals surface area (Å²) < 4.78 is 0. The van der Waals surface area contributed by atoms with E-state index in [-0.39, 0.29) is 24.7 Å². The molecule has 6 N–H and O–H groups in total. The lowest BCUT2D eigenvalue weighted by Gasteiger charge is -2.28. The molecule has 192 valence electrons. The fourth-order valence-corrected chi connectivity index (χ4v) is 2.82. The lowest BCUT2D eigenvalue weighted by Crippen LogP contribution is -2.59. The van der Waals surface area contributed by atoms with Crippen molar-refractivity contribution < 1.29 is 39.3 Å². The van der Waals surface area contributed by atoms with Crippen molar-refractivity contribution >= 4 is 42.1 Å². The molecular formula is C21H38ClN3O8. The van der Waals surface area contributed by atoms with E-state index in [9.17, 15) is 29.1 Å². The van der Waals surface area contributed by atoms with Gasteiger partial charge in [-0.1, -0.05) is 41.5 Å². The van der Waals surface area contributed by atoms with Gasteiger partial charge in [-0.3, -0.25) is 19.2 Å². The minimum absolute atomic E-state index is 0. The summed E-state index contributed by atoms with van der Waals surface area (Å²) in [6, 6.07) is -3.86. The summed E-state index contributed by atoms with van der Waals surface area (Å²) in [5.74, 6) is -5.68. The van der Waals surface area contributed by atoms with Crippen LogP contribution in [-0.4, -0.2) is 69.2 Å². The van der Waals surface area contributed by atoms with Gasteiger partial charge in [0.25, 0.3) is 0 Å². The molecule has 0 aromatic carbocycles. The highest BCUT2D eigenvalue weighted by Gasteiger charge is 2.33. The smallest absolute Gasteiger partial charge is 0.326 e. The van der Waals surface area contributed by atoms with E-state index in [1.54, 1.807) is 27.7 Å². The van der Waals surface area contributed by atoms with Crippen molar-refractivity contribution in [2.75, 3.05) is 0 Å². The first-order valence-electron chi connectivity index (χ1n) is 10.7. The lowest BCUT2D eigenvalue weighted by molar-refractivity contribution is -0.147. The predicted molar refractivity (Wildman–Crippen MR) is 123 cm³/mol. The number of nitrogens with one attached hydrogen (secondary N) is 3. The third-order valence-electron chi connectivity index (χ3n) is 4.81. The van der Waals surface area contributed by atoms with E-state index in [4.69, 9.17) is 10.2 Å². The number of amides is 3. The van der Waals surface area contributed by atoms with Crippen LogP contribution >= 0.6 is 12.4 Å². The summed E-state index contributed by atoms with van der Waals surface area (Å²) in [5.41, 5.74) is 0. The van der Waals surface area contributed by atoms with E-state index in [1.165, 1.54) is 0 Å². The normalized spacial score (nSPS) is 14.6. The minimum Gasteiger partial charge on any atom is -0.481 e. The number of hydrogen-bond donors (Lipinski definition) is 6. The van der Waals surface area contributed by atoms with Crippen LogP contribution in [0.25, 0.3) is 0 Å². The molecule has 0 bridgehead atoms. The molecule has 0 saturated carbocycles. The van der Waals surface area contributed by atoms with E-state index in [0.717, 1.165) is 0 Å². The molecule has 0 heterocycles. The first-order valence-corrected chi connectivity index (χ1v) is 10.7. The Morgan fingerprint density at radius 3 is 1.48 bits per heavy atom. The molecule has 0 aromatic heterocycles. The van der Waals surface area contributed by atoms with Crippen molar-refractivity contribution in [2.24, 2.45) is 17.8 Å². The standard InChI is InChI=1S/C21H37N3O8.ClH/c1-10(2)7-8-14(25)18(28)23-17(12(5)6)20(30)24-16(11(3)4)19(29)22-13(21(31)32)9-15(26)27;/h10-14,16-17,25H,7-9H2,1-6H3,(H,22,29)(H,23,28)(H,24,30)(H,26,27)(H,31,32);1H/t13-,14?,16-,17-;/m0./s1. The summed E-state index contributed by atoms with van der Waals surface area (Å²) >= 11 is 0. The number of carboxylic acids is 2. The van der Waals surface area contributed by atoms with Crippen molar-refractivity contribution in [3.05, 3.63) is 0 Å². The van der Waals surface area contributed by atoms with Crippen LogP contribution in [0.3, 0.4) is 0 Å². The second kappa shape index (κ2) is 15.4. The minimum atomic E-state index is -1.66. The zero-order valence-corrected chi connectivity index (χ0v) is 20.8. The average molecular weight is 496 g/mol. The summed E-state index contributed by atoms with van der Waals surface area (Å²) in [6.07, 6.45) is -1.22. The Kier molecular flexibility index (Phi) is 15.3. The number of halogens is 1. The Bertz CT molecular complexity index is 684. The molecule has 12 heteroatoms. The number of aliphatic carboxylic acids is 2. The van der Waals surface area contributed by atoms with Crippen LogP contribution in [0, 0.1) is 17.8 Å². The molecule has 0 fully saturated rings. The molecule has 0 aromatic rings. The van der Waals surface area contributed by atoms with Crippen molar-refractivity contribution in [2.45, 2.75) is 85.0 Å². The van der Waals surface area contributed by atoms with Gasteiger partial charge in [0.2, 0.25) is 17.7 Å². The van der Waals surface area contributed by atoms with Gasteiger partial charge in [0.05, 0.1) is 6.42 Å². The van der Waals surface area contributed by atoms with Gasteiger partial charge in [-0.15, -0.1) is 12.4 Å². The predicted octanol–water partition coefficient (Wildman–Crippen LogP) is 0.531. The van der Waals surface area contributed by atoms with Gasteiger partial charge in [0.1, 0.15) is 24.2 Å². The monoisotopic (exact) mass is 495 g/mol. The molecule has 0 rings (SSSR count). The molecule has 0 aliphatic carbocycles. The van der Waals surface area contributed by atoms with Crippen molar-refractivity contribution in [3.63, 3.8) is 0 Å². The average Bonchev–Trinajstić information content (AvgIpc) is 2.66. The third kappa shape index (κ3) is 12.4. The van der Waals surface area contributed by atoms with Crippen LogP contribution in [0.5, 0.6) is 0 Å². The number of rotatable bonds is 14. The summed E-state index contributed by atoms with van der Waals surface area (Å²) in [4.78, 5) is 59.8. The van der Waals surface area contributed by atoms with Crippen LogP contribution in [0.1, 0.15) is 60.8 Å². The third-order valence-corrected chi connectivity index (χ3v) is 4.81. The van der Waals surface area contributed by atoms with Gasteiger partial charge in [0, 0.05) is 0 Å². The van der Waals surface area contributed by atoms with E-state index in [0.29, 0.717) is 12.3 Å². The molecule has 0 saturated heterocycles. The van der Waals surface area contributed by atoms with Gasteiger partial charge in [-0.2, -0.15) is 0 Å². The second-order valence-corrected chi connectivity index (χ2v) is 8.94. The summed E-state index contributed by atoms with van der Waals surface area (Å²) in [6.45, 7) is 10.5. The largest absolute Gasteiger partial charge is 0.481 e.